The van der Waals surface area contributed by atoms with Crippen LogP contribution in [0.4, 0.5) is 0 Å². The Morgan fingerprint density at radius 2 is 1.00 bits per heavy atom. The van der Waals surface area contributed by atoms with E-state index in [-0.39, 0.29) is 0 Å². The summed E-state index contributed by atoms with van der Waals surface area (Å²) in [4.78, 5) is 9.35. The SMILES string of the molecule is c1ccc(-n2c3ccccc3c3cc(-c4cccc5c4c4ccccc4n5-c4ccccn4)ccc32)nc1. The van der Waals surface area contributed by atoms with Crippen molar-refractivity contribution in [1.29, 1.82) is 0 Å². The van der Waals surface area contributed by atoms with Crippen LogP contribution in [0, 0.1) is 0 Å². The number of rotatable bonds is 3. The molecule has 0 unspecified atom stereocenters. The summed E-state index contributed by atoms with van der Waals surface area (Å²) < 4.78 is 4.52. The molecule has 0 amide bonds. The molecule has 178 valence electrons. The Kier molecular flexibility index (Phi) is 4.49. The average molecular weight is 487 g/mol. The van der Waals surface area contributed by atoms with Gasteiger partial charge in [-0.3, -0.25) is 9.13 Å². The van der Waals surface area contributed by atoms with Gasteiger partial charge in [0, 0.05) is 33.9 Å². The lowest BCUT2D eigenvalue weighted by molar-refractivity contribution is 1.08. The summed E-state index contributed by atoms with van der Waals surface area (Å²) in [5.41, 5.74) is 7.01. The molecule has 0 radical (unpaired) electrons. The lowest BCUT2D eigenvalue weighted by Crippen LogP contribution is -1.96. The molecule has 8 aromatic rings. The molecule has 4 heterocycles. The predicted molar refractivity (Wildman–Crippen MR) is 156 cm³/mol. The van der Waals surface area contributed by atoms with Gasteiger partial charge >= 0.3 is 0 Å². The molecule has 4 nitrogen and oxygen atoms in total. The van der Waals surface area contributed by atoms with Crippen LogP contribution in [0.1, 0.15) is 0 Å². The van der Waals surface area contributed by atoms with Crippen molar-refractivity contribution in [3.05, 3.63) is 134 Å². The van der Waals surface area contributed by atoms with Crippen LogP contribution in [0.5, 0.6) is 0 Å². The van der Waals surface area contributed by atoms with Crippen molar-refractivity contribution in [1.82, 2.24) is 19.1 Å². The summed E-state index contributed by atoms with van der Waals surface area (Å²) in [6, 6.07) is 42.7. The van der Waals surface area contributed by atoms with Gasteiger partial charge in [-0.25, -0.2) is 9.97 Å². The molecule has 4 heteroatoms. The molecule has 0 atom stereocenters. The maximum atomic E-state index is 4.68. The number of benzene rings is 4. The normalized spacial score (nSPS) is 11.7. The van der Waals surface area contributed by atoms with Gasteiger partial charge in [-0.15, -0.1) is 0 Å². The minimum absolute atomic E-state index is 0.921. The Balaban J connectivity index is 1.44. The van der Waals surface area contributed by atoms with Gasteiger partial charge < -0.3 is 0 Å². The van der Waals surface area contributed by atoms with Gasteiger partial charge in [-0.1, -0.05) is 66.7 Å². The first-order valence-corrected chi connectivity index (χ1v) is 12.8. The number of hydrogen-bond donors (Lipinski definition) is 0. The van der Waals surface area contributed by atoms with E-state index in [1.807, 2.05) is 36.7 Å². The largest absolute Gasteiger partial charge is 0.294 e. The van der Waals surface area contributed by atoms with Crippen LogP contribution in [-0.4, -0.2) is 19.1 Å². The third-order valence-electron chi connectivity index (χ3n) is 7.44. The van der Waals surface area contributed by atoms with Gasteiger partial charge in [0.1, 0.15) is 11.6 Å². The third-order valence-corrected chi connectivity index (χ3v) is 7.44. The number of hydrogen-bond acceptors (Lipinski definition) is 2. The molecule has 0 fully saturated rings. The van der Waals surface area contributed by atoms with E-state index >= 15 is 0 Å². The standard InChI is InChI=1S/C34H22N4/c1-3-13-28-25(10-1)27-22-23(18-19-30(27)37(28)32-16-5-7-20-35-32)24-12-9-15-31-34(24)26-11-2-4-14-29(26)38(31)33-17-6-8-21-36-33/h1-22H. The third kappa shape index (κ3) is 2.98. The Bertz CT molecular complexity index is 2120. The zero-order valence-corrected chi connectivity index (χ0v) is 20.5. The van der Waals surface area contributed by atoms with Crippen LogP contribution in [0.15, 0.2) is 134 Å². The Morgan fingerprint density at radius 1 is 0.421 bits per heavy atom. The maximum absolute atomic E-state index is 4.68. The molecular weight excluding hydrogens is 464 g/mol. The summed E-state index contributed by atoms with van der Waals surface area (Å²) >= 11 is 0. The van der Waals surface area contributed by atoms with Gasteiger partial charge in [0.05, 0.1) is 22.1 Å². The van der Waals surface area contributed by atoms with Crippen LogP contribution in [-0.2, 0) is 0 Å². The van der Waals surface area contributed by atoms with Crippen molar-refractivity contribution in [3.63, 3.8) is 0 Å². The Morgan fingerprint density at radius 3 is 1.71 bits per heavy atom. The molecule has 0 N–H and O–H groups in total. The first-order chi connectivity index (χ1) is 18.9. The van der Waals surface area contributed by atoms with Gasteiger partial charge in [-0.2, -0.15) is 0 Å². The highest BCUT2D eigenvalue weighted by Gasteiger charge is 2.18. The van der Waals surface area contributed by atoms with E-state index in [1.165, 1.54) is 32.7 Å². The van der Waals surface area contributed by atoms with Crippen molar-refractivity contribution < 1.29 is 0 Å². The number of pyridine rings is 2. The van der Waals surface area contributed by atoms with Crippen molar-refractivity contribution in [2.75, 3.05) is 0 Å². The Labute approximate surface area is 219 Å². The fourth-order valence-corrected chi connectivity index (χ4v) is 5.87. The number of aromatic nitrogens is 4. The van der Waals surface area contributed by atoms with E-state index in [0.29, 0.717) is 0 Å². The maximum Gasteiger partial charge on any atom is 0.137 e. The second kappa shape index (κ2) is 8.15. The monoisotopic (exact) mass is 486 g/mol. The summed E-state index contributed by atoms with van der Waals surface area (Å²) in [5, 5.41) is 4.90. The number of para-hydroxylation sites is 2. The quantitative estimate of drug-likeness (QED) is 0.252. The molecule has 0 aliphatic carbocycles. The average Bonchev–Trinajstić information content (AvgIpc) is 3.51. The van der Waals surface area contributed by atoms with Gasteiger partial charge in [-0.05, 0) is 65.7 Å². The molecule has 0 saturated carbocycles. The number of nitrogens with zero attached hydrogens (tertiary/aromatic N) is 4. The fraction of sp³-hybridized carbons (Fsp3) is 0. The van der Waals surface area contributed by atoms with Crippen LogP contribution in [0.25, 0.3) is 66.4 Å². The van der Waals surface area contributed by atoms with Crippen LogP contribution < -0.4 is 0 Å². The molecule has 0 bridgehead atoms. The highest BCUT2D eigenvalue weighted by Crippen LogP contribution is 2.40. The first-order valence-electron chi connectivity index (χ1n) is 12.8. The molecule has 0 aliphatic heterocycles. The van der Waals surface area contributed by atoms with Gasteiger partial charge in [0.15, 0.2) is 0 Å². The zero-order chi connectivity index (χ0) is 25.1. The van der Waals surface area contributed by atoms with Crippen molar-refractivity contribution in [2.45, 2.75) is 0 Å². The summed E-state index contributed by atoms with van der Waals surface area (Å²) in [6.45, 7) is 0. The smallest absolute Gasteiger partial charge is 0.137 e. The van der Waals surface area contributed by atoms with Gasteiger partial charge in [0.2, 0.25) is 0 Å². The second-order valence-electron chi connectivity index (χ2n) is 9.51. The lowest BCUT2D eigenvalue weighted by atomic mass is 9.98. The van der Waals surface area contributed by atoms with Gasteiger partial charge in [0.25, 0.3) is 0 Å². The molecule has 8 rings (SSSR count). The molecule has 38 heavy (non-hydrogen) atoms. The van der Waals surface area contributed by atoms with E-state index < -0.39 is 0 Å². The highest BCUT2D eigenvalue weighted by atomic mass is 15.1. The van der Waals surface area contributed by atoms with Crippen molar-refractivity contribution >= 4 is 43.6 Å². The molecule has 4 aromatic carbocycles. The fourth-order valence-electron chi connectivity index (χ4n) is 5.87. The molecule has 4 aromatic heterocycles. The summed E-state index contributed by atoms with van der Waals surface area (Å²) in [5.74, 6) is 1.84. The number of fused-ring (bicyclic) bond motifs is 6. The van der Waals surface area contributed by atoms with Crippen molar-refractivity contribution in [3.8, 4) is 22.8 Å². The first kappa shape index (κ1) is 20.9. The summed E-state index contributed by atoms with van der Waals surface area (Å²) in [6.07, 6.45) is 3.70. The van der Waals surface area contributed by atoms with E-state index in [9.17, 15) is 0 Å². The van der Waals surface area contributed by atoms with Crippen LogP contribution >= 0.6 is 0 Å². The molecular formula is C34H22N4. The zero-order valence-electron chi connectivity index (χ0n) is 20.5. The van der Waals surface area contributed by atoms with E-state index in [0.717, 1.165) is 33.7 Å². The Hall–Kier alpha value is -5.22. The van der Waals surface area contributed by atoms with E-state index in [2.05, 4.69) is 116 Å². The highest BCUT2D eigenvalue weighted by molar-refractivity contribution is 6.17. The predicted octanol–water partition coefficient (Wildman–Crippen LogP) is 8.34. The molecule has 0 spiro atoms. The van der Waals surface area contributed by atoms with Crippen LogP contribution in [0.3, 0.4) is 0 Å². The summed E-state index contributed by atoms with van der Waals surface area (Å²) in [7, 11) is 0. The van der Waals surface area contributed by atoms with Crippen LogP contribution in [0.2, 0.25) is 0 Å². The van der Waals surface area contributed by atoms with Crippen molar-refractivity contribution in [2.24, 2.45) is 0 Å². The van der Waals surface area contributed by atoms with E-state index in [1.54, 1.807) is 0 Å². The minimum Gasteiger partial charge on any atom is -0.294 e. The topological polar surface area (TPSA) is 35.6 Å². The minimum atomic E-state index is 0.921. The lowest BCUT2D eigenvalue weighted by Gasteiger charge is -2.09. The molecule has 0 aliphatic rings. The molecule has 0 saturated heterocycles. The van der Waals surface area contributed by atoms with E-state index in [4.69, 9.17) is 0 Å². The second-order valence-corrected chi connectivity index (χ2v) is 9.51.